The minimum absolute atomic E-state index is 0.230. The summed E-state index contributed by atoms with van der Waals surface area (Å²) in [6, 6.07) is 0.515. The molecule has 2 heterocycles. The number of carbonyl (C=O) groups is 1. The molecular weight excluding hydrogens is 276 g/mol. The minimum atomic E-state index is 0.230. The third-order valence-electron chi connectivity index (χ3n) is 5.02. The molecule has 22 heavy (non-hydrogen) atoms. The first-order valence-corrected chi connectivity index (χ1v) is 8.37. The van der Waals surface area contributed by atoms with Gasteiger partial charge in [0.15, 0.2) is 0 Å². The van der Waals surface area contributed by atoms with Gasteiger partial charge in [-0.05, 0) is 53.1 Å². The van der Waals surface area contributed by atoms with Crippen molar-refractivity contribution in [1.82, 2.24) is 19.6 Å². The number of hydrogen-bond donors (Lipinski definition) is 0. The third kappa shape index (κ3) is 3.88. The topological polar surface area (TPSA) is 41.4 Å². The van der Waals surface area contributed by atoms with Crippen molar-refractivity contribution in [3.05, 3.63) is 17.0 Å². The van der Waals surface area contributed by atoms with Crippen LogP contribution in [-0.2, 0) is 18.4 Å². The van der Waals surface area contributed by atoms with Crippen molar-refractivity contribution in [2.24, 2.45) is 7.05 Å². The molecule has 1 fully saturated rings. The van der Waals surface area contributed by atoms with Gasteiger partial charge in [-0.15, -0.1) is 0 Å². The van der Waals surface area contributed by atoms with Crippen molar-refractivity contribution in [3.8, 4) is 0 Å². The Morgan fingerprint density at radius 3 is 2.50 bits per heavy atom. The Kier molecular flexibility index (Phi) is 5.62. The summed E-state index contributed by atoms with van der Waals surface area (Å²) in [5, 5.41) is 4.42. The first kappa shape index (κ1) is 17.0. The quantitative estimate of drug-likeness (QED) is 0.809. The van der Waals surface area contributed by atoms with E-state index in [0.29, 0.717) is 19.0 Å². The fourth-order valence-corrected chi connectivity index (χ4v) is 3.26. The number of aromatic nitrogens is 2. The summed E-state index contributed by atoms with van der Waals surface area (Å²) in [5.41, 5.74) is 3.33. The van der Waals surface area contributed by atoms with E-state index >= 15 is 0 Å². The number of carbonyl (C=O) groups excluding carboxylic acids is 1. The molecule has 0 aromatic carbocycles. The van der Waals surface area contributed by atoms with Crippen LogP contribution in [0, 0.1) is 13.8 Å². The lowest BCUT2D eigenvalue weighted by Gasteiger charge is -2.24. The van der Waals surface area contributed by atoms with Gasteiger partial charge in [-0.25, -0.2) is 0 Å². The van der Waals surface area contributed by atoms with E-state index in [-0.39, 0.29) is 5.91 Å². The van der Waals surface area contributed by atoms with Crippen LogP contribution in [0.1, 0.15) is 49.6 Å². The molecule has 1 amide bonds. The number of likely N-dealkylation sites (tertiary alicyclic amines) is 1. The lowest BCUT2D eigenvalue weighted by molar-refractivity contribution is -0.130. The highest BCUT2D eigenvalue weighted by molar-refractivity contribution is 5.75. The summed E-state index contributed by atoms with van der Waals surface area (Å²) in [6.07, 6.45) is 4.19. The van der Waals surface area contributed by atoms with E-state index in [9.17, 15) is 4.79 Å². The molecular formula is C17H30N4O. The van der Waals surface area contributed by atoms with Gasteiger partial charge in [0.05, 0.1) is 5.69 Å². The summed E-state index contributed by atoms with van der Waals surface area (Å²) < 4.78 is 1.89. The second-order valence-corrected chi connectivity index (χ2v) is 6.65. The molecule has 2 rings (SSSR count). The van der Waals surface area contributed by atoms with E-state index < -0.39 is 0 Å². The summed E-state index contributed by atoms with van der Waals surface area (Å²) in [4.78, 5) is 16.7. The van der Waals surface area contributed by atoms with Crippen LogP contribution in [0.2, 0.25) is 0 Å². The maximum Gasteiger partial charge on any atom is 0.222 e. The van der Waals surface area contributed by atoms with Crippen molar-refractivity contribution in [3.63, 3.8) is 0 Å². The van der Waals surface area contributed by atoms with Gasteiger partial charge >= 0.3 is 0 Å². The Balaban J connectivity index is 1.84. The minimum Gasteiger partial charge on any atom is -0.341 e. The first-order chi connectivity index (χ1) is 10.4. The Bertz CT molecular complexity index is 517. The Morgan fingerprint density at radius 2 is 1.95 bits per heavy atom. The zero-order valence-corrected chi connectivity index (χ0v) is 14.7. The van der Waals surface area contributed by atoms with E-state index in [1.165, 1.54) is 31.5 Å². The molecule has 1 aliphatic heterocycles. The molecule has 1 atom stereocenters. The fourth-order valence-electron chi connectivity index (χ4n) is 3.26. The van der Waals surface area contributed by atoms with Gasteiger partial charge in [0.2, 0.25) is 5.91 Å². The van der Waals surface area contributed by atoms with E-state index in [0.717, 1.165) is 17.8 Å². The molecule has 5 nitrogen and oxygen atoms in total. The van der Waals surface area contributed by atoms with Crippen LogP contribution < -0.4 is 0 Å². The highest BCUT2D eigenvalue weighted by atomic mass is 16.2. The van der Waals surface area contributed by atoms with Gasteiger partial charge in [-0.1, -0.05) is 0 Å². The normalized spacial score (nSPS) is 17.0. The number of amides is 1. The fraction of sp³-hybridized carbons (Fsp3) is 0.765. The first-order valence-electron chi connectivity index (χ1n) is 8.37. The van der Waals surface area contributed by atoms with Crippen LogP contribution in [0.5, 0.6) is 0 Å². The summed E-state index contributed by atoms with van der Waals surface area (Å²) in [7, 11) is 3.85. The van der Waals surface area contributed by atoms with Crippen LogP contribution in [0.4, 0.5) is 0 Å². The van der Waals surface area contributed by atoms with Crippen LogP contribution in [0.15, 0.2) is 0 Å². The standard InChI is InChI=1S/C17H30N4O/c1-13(21-10-6-7-11-21)8-9-17(22)19(4)12-16-14(2)18-20(5)15(16)3/h13H,6-12H2,1-5H3/t13-/m1/s1. The van der Waals surface area contributed by atoms with Crippen LogP contribution >= 0.6 is 0 Å². The third-order valence-corrected chi connectivity index (χ3v) is 5.02. The highest BCUT2D eigenvalue weighted by Crippen LogP contribution is 2.17. The molecule has 0 unspecified atom stereocenters. The molecule has 1 aromatic heterocycles. The molecule has 0 saturated carbocycles. The number of nitrogens with zero attached hydrogens (tertiary/aromatic N) is 4. The van der Waals surface area contributed by atoms with Crippen LogP contribution in [0.3, 0.4) is 0 Å². The van der Waals surface area contributed by atoms with Crippen molar-refractivity contribution in [2.45, 2.75) is 59.0 Å². The zero-order valence-electron chi connectivity index (χ0n) is 14.7. The molecule has 124 valence electrons. The smallest absolute Gasteiger partial charge is 0.222 e. The maximum atomic E-state index is 12.4. The molecule has 1 saturated heterocycles. The monoisotopic (exact) mass is 306 g/mol. The average Bonchev–Trinajstić information content (AvgIpc) is 3.09. The van der Waals surface area contributed by atoms with Crippen molar-refractivity contribution < 1.29 is 4.79 Å². The second-order valence-electron chi connectivity index (χ2n) is 6.65. The number of aryl methyl sites for hydroxylation is 2. The largest absolute Gasteiger partial charge is 0.341 e. The van der Waals surface area contributed by atoms with Gasteiger partial charge in [0.1, 0.15) is 0 Å². The van der Waals surface area contributed by atoms with Crippen molar-refractivity contribution >= 4 is 5.91 Å². The number of rotatable bonds is 6. The predicted octanol–water partition coefficient (Wildman–Crippen LogP) is 2.26. The average molecular weight is 306 g/mol. The van der Waals surface area contributed by atoms with Gasteiger partial charge in [-0.2, -0.15) is 5.10 Å². The number of hydrogen-bond acceptors (Lipinski definition) is 3. The lowest BCUT2D eigenvalue weighted by Crippen LogP contribution is -2.32. The lowest BCUT2D eigenvalue weighted by atomic mass is 10.1. The summed E-state index contributed by atoms with van der Waals surface area (Å²) in [5.74, 6) is 0.230. The molecule has 5 heteroatoms. The zero-order chi connectivity index (χ0) is 16.3. The van der Waals surface area contributed by atoms with Gasteiger partial charge in [0, 0.05) is 44.4 Å². The summed E-state index contributed by atoms with van der Waals surface area (Å²) in [6.45, 7) is 9.36. The second kappa shape index (κ2) is 7.27. The Labute approximate surface area is 134 Å². The van der Waals surface area contributed by atoms with Gasteiger partial charge in [-0.3, -0.25) is 9.48 Å². The maximum absolute atomic E-state index is 12.4. The Morgan fingerprint density at radius 1 is 1.32 bits per heavy atom. The molecule has 0 aliphatic carbocycles. The van der Waals surface area contributed by atoms with E-state index in [1.807, 2.05) is 30.6 Å². The molecule has 0 bridgehead atoms. The van der Waals surface area contributed by atoms with Crippen LogP contribution in [-0.4, -0.2) is 51.7 Å². The van der Waals surface area contributed by atoms with Crippen molar-refractivity contribution in [2.75, 3.05) is 20.1 Å². The van der Waals surface area contributed by atoms with Gasteiger partial charge in [0.25, 0.3) is 0 Å². The molecule has 0 spiro atoms. The molecule has 1 aliphatic rings. The van der Waals surface area contributed by atoms with E-state index in [2.05, 4.69) is 23.8 Å². The van der Waals surface area contributed by atoms with E-state index in [1.54, 1.807) is 0 Å². The van der Waals surface area contributed by atoms with Crippen molar-refractivity contribution in [1.29, 1.82) is 0 Å². The molecule has 1 aromatic rings. The SMILES string of the molecule is Cc1nn(C)c(C)c1CN(C)C(=O)CC[C@@H](C)N1CCCC1. The predicted molar refractivity (Wildman–Crippen MR) is 88.7 cm³/mol. The summed E-state index contributed by atoms with van der Waals surface area (Å²) >= 11 is 0. The van der Waals surface area contributed by atoms with Gasteiger partial charge < -0.3 is 9.80 Å². The van der Waals surface area contributed by atoms with E-state index in [4.69, 9.17) is 0 Å². The highest BCUT2D eigenvalue weighted by Gasteiger charge is 2.20. The molecule has 0 radical (unpaired) electrons. The molecule has 0 N–H and O–H groups in total. The van der Waals surface area contributed by atoms with Crippen LogP contribution in [0.25, 0.3) is 0 Å². The Hall–Kier alpha value is -1.36.